The monoisotopic (exact) mass is 292 g/mol. The molecule has 5 nitrogen and oxygen atoms in total. The summed E-state index contributed by atoms with van der Waals surface area (Å²) in [6.45, 7) is 0.228. The number of carbonyl (C=O) groups is 1. The minimum atomic E-state index is -0.427. The second-order valence-corrected chi connectivity index (χ2v) is 4.44. The molecule has 0 radical (unpaired) electrons. The molecular weight excluding hydrogens is 280 g/mol. The van der Waals surface area contributed by atoms with Crippen LogP contribution in [-0.4, -0.2) is 18.1 Å². The van der Waals surface area contributed by atoms with Crippen LogP contribution in [0.4, 0.5) is 5.69 Å². The number of anilines is 1. The number of halogens is 1. The van der Waals surface area contributed by atoms with Crippen molar-refractivity contribution in [3.63, 3.8) is 0 Å². The fraction of sp³-hybridized carbons (Fsp3) is 0.143. The molecule has 0 saturated heterocycles. The molecule has 6 heteroatoms. The number of esters is 1. The number of pyridine rings is 1. The number of hydrogen-bond donors (Lipinski definition) is 1. The molecule has 0 fully saturated rings. The Morgan fingerprint density at radius 1 is 1.35 bits per heavy atom. The molecule has 0 saturated carbocycles. The summed E-state index contributed by atoms with van der Waals surface area (Å²) in [7, 11) is 1.32. The first kappa shape index (κ1) is 14.1. The van der Waals surface area contributed by atoms with Gasteiger partial charge in [0, 0.05) is 17.3 Å². The van der Waals surface area contributed by atoms with Crippen LogP contribution in [0.5, 0.6) is 5.75 Å². The highest BCUT2D eigenvalue weighted by molar-refractivity contribution is 6.30. The van der Waals surface area contributed by atoms with Gasteiger partial charge >= 0.3 is 5.97 Å². The molecule has 0 aliphatic rings. The zero-order chi connectivity index (χ0) is 14.5. The van der Waals surface area contributed by atoms with Gasteiger partial charge in [-0.25, -0.2) is 4.79 Å². The van der Waals surface area contributed by atoms with Crippen molar-refractivity contribution in [2.24, 2.45) is 0 Å². The third-order valence-electron chi connectivity index (χ3n) is 2.60. The van der Waals surface area contributed by atoms with E-state index in [1.165, 1.54) is 13.3 Å². The summed E-state index contributed by atoms with van der Waals surface area (Å²) >= 11 is 5.87. The maximum Gasteiger partial charge on any atom is 0.339 e. The van der Waals surface area contributed by atoms with Gasteiger partial charge in [0.15, 0.2) is 0 Å². The van der Waals surface area contributed by atoms with Gasteiger partial charge in [0.25, 0.3) is 0 Å². The number of ether oxygens (including phenoxy) is 2. The Kier molecular flexibility index (Phi) is 4.42. The van der Waals surface area contributed by atoms with Crippen molar-refractivity contribution >= 4 is 23.3 Å². The van der Waals surface area contributed by atoms with Crippen LogP contribution in [-0.2, 0) is 11.3 Å². The van der Waals surface area contributed by atoms with E-state index in [0.29, 0.717) is 27.7 Å². The Labute approximate surface area is 121 Å². The molecule has 0 aliphatic heterocycles. The molecule has 1 aromatic carbocycles. The van der Waals surface area contributed by atoms with Crippen LogP contribution in [0.1, 0.15) is 16.1 Å². The molecule has 2 N–H and O–H groups in total. The number of rotatable bonds is 4. The average molecular weight is 293 g/mol. The Balaban J connectivity index is 2.04. The summed E-state index contributed by atoms with van der Waals surface area (Å²) in [4.78, 5) is 15.4. The normalized spacial score (nSPS) is 10.1. The molecule has 2 aromatic rings. The second-order valence-electron chi connectivity index (χ2n) is 4.00. The smallest absolute Gasteiger partial charge is 0.339 e. The standard InChI is InChI=1S/C14H13ClN2O3/c1-19-14(18)9-2-4-11(17-7-9)8-20-13-6-10(15)3-5-12(13)16/h2-7H,8,16H2,1H3. The summed E-state index contributed by atoms with van der Waals surface area (Å²) in [6.07, 6.45) is 1.44. The first-order valence-corrected chi connectivity index (χ1v) is 6.19. The van der Waals surface area contributed by atoms with E-state index in [9.17, 15) is 4.79 Å². The van der Waals surface area contributed by atoms with Gasteiger partial charge in [-0.2, -0.15) is 0 Å². The molecule has 0 amide bonds. The van der Waals surface area contributed by atoms with Crippen LogP contribution < -0.4 is 10.5 Å². The first-order valence-electron chi connectivity index (χ1n) is 5.81. The van der Waals surface area contributed by atoms with Crippen molar-refractivity contribution in [1.29, 1.82) is 0 Å². The fourth-order valence-corrected chi connectivity index (χ4v) is 1.70. The van der Waals surface area contributed by atoms with Gasteiger partial charge in [-0.3, -0.25) is 4.98 Å². The maximum absolute atomic E-state index is 11.3. The molecule has 0 aliphatic carbocycles. The maximum atomic E-state index is 11.3. The van der Waals surface area contributed by atoms with Crippen LogP contribution >= 0.6 is 11.6 Å². The average Bonchev–Trinajstić information content (AvgIpc) is 2.48. The zero-order valence-electron chi connectivity index (χ0n) is 10.8. The van der Waals surface area contributed by atoms with Crippen molar-refractivity contribution in [1.82, 2.24) is 4.98 Å². The van der Waals surface area contributed by atoms with Crippen LogP contribution in [0, 0.1) is 0 Å². The van der Waals surface area contributed by atoms with Crippen LogP contribution in [0.2, 0.25) is 5.02 Å². The number of nitrogen functional groups attached to an aromatic ring is 1. The number of aromatic nitrogens is 1. The van der Waals surface area contributed by atoms with Gasteiger partial charge in [-0.05, 0) is 24.3 Å². The first-order chi connectivity index (χ1) is 9.60. The van der Waals surface area contributed by atoms with Gasteiger partial charge < -0.3 is 15.2 Å². The van der Waals surface area contributed by atoms with E-state index in [2.05, 4.69) is 9.72 Å². The van der Waals surface area contributed by atoms with Crippen molar-refractivity contribution in [2.75, 3.05) is 12.8 Å². The largest absolute Gasteiger partial charge is 0.485 e. The van der Waals surface area contributed by atoms with Gasteiger partial charge in [0.2, 0.25) is 0 Å². The summed E-state index contributed by atoms with van der Waals surface area (Å²) in [5.41, 5.74) is 7.32. The lowest BCUT2D eigenvalue weighted by Gasteiger charge is -2.09. The molecule has 0 atom stereocenters. The summed E-state index contributed by atoms with van der Waals surface area (Å²) in [5, 5.41) is 0.545. The van der Waals surface area contributed by atoms with Gasteiger partial charge in [-0.1, -0.05) is 11.6 Å². The van der Waals surface area contributed by atoms with E-state index in [1.54, 1.807) is 30.3 Å². The topological polar surface area (TPSA) is 74.4 Å². The summed E-state index contributed by atoms with van der Waals surface area (Å²) in [6, 6.07) is 8.31. The van der Waals surface area contributed by atoms with Crippen molar-refractivity contribution in [3.8, 4) is 5.75 Å². The fourth-order valence-electron chi connectivity index (χ4n) is 1.53. The van der Waals surface area contributed by atoms with E-state index < -0.39 is 5.97 Å². The number of nitrogens with zero attached hydrogens (tertiary/aromatic N) is 1. The van der Waals surface area contributed by atoms with E-state index in [0.717, 1.165) is 0 Å². The van der Waals surface area contributed by atoms with E-state index >= 15 is 0 Å². The number of methoxy groups -OCH3 is 1. The van der Waals surface area contributed by atoms with Gasteiger partial charge in [-0.15, -0.1) is 0 Å². The lowest BCUT2D eigenvalue weighted by atomic mass is 10.2. The lowest BCUT2D eigenvalue weighted by molar-refractivity contribution is 0.0600. The quantitative estimate of drug-likeness (QED) is 0.693. The molecule has 1 heterocycles. The second kappa shape index (κ2) is 6.25. The molecule has 0 bridgehead atoms. The Morgan fingerprint density at radius 2 is 2.15 bits per heavy atom. The van der Waals surface area contributed by atoms with Crippen molar-refractivity contribution in [2.45, 2.75) is 6.61 Å². The van der Waals surface area contributed by atoms with Gasteiger partial charge in [0.1, 0.15) is 12.4 Å². The van der Waals surface area contributed by atoms with Crippen LogP contribution in [0.15, 0.2) is 36.5 Å². The molecule has 104 valence electrons. The van der Waals surface area contributed by atoms with Crippen molar-refractivity contribution < 1.29 is 14.3 Å². The number of hydrogen-bond acceptors (Lipinski definition) is 5. The van der Waals surface area contributed by atoms with Gasteiger partial charge in [0.05, 0.1) is 24.1 Å². The van der Waals surface area contributed by atoms with Crippen LogP contribution in [0.3, 0.4) is 0 Å². The zero-order valence-corrected chi connectivity index (χ0v) is 11.6. The predicted octanol–water partition coefficient (Wildman–Crippen LogP) is 2.68. The predicted molar refractivity (Wildman–Crippen MR) is 75.8 cm³/mol. The molecule has 1 aromatic heterocycles. The highest BCUT2D eigenvalue weighted by Crippen LogP contribution is 2.25. The Hall–Kier alpha value is -2.27. The number of nitrogens with two attached hydrogens (primary N) is 1. The SMILES string of the molecule is COC(=O)c1ccc(COc2cc(Cl)ccc2N)nc1. The highest BCUT2D eigenvalue weighted by atomic mass is 35.5. The van der Waals surface area contributed by atoms with Crippen molar-refractivity contribution in [3.05, 3.63) is 52.8 Å². The van der Waals surface area contributed by atoms with Crippen LogP contribution in [0.25, 0.3) is 0 Å². The van der Waals surface area contributed by atoms with E-state index in [-0.39, 0.29) is 6.61 Å². The third kappa shape index (κ3) is 3.39. The summed E-state index contributed by atoms with van der Waals surface area (Å²) in [5.74, 6) is 0.0698. The molecule has 0 unspecified atom stereocenters. The Bertz CT molecular complexity index is 614. The van der Waals surface area contributed by atoms with E-state index in [1.807, 2.05) is 0 Å². The van der Waals surface area contributed by atoms with E-state index in [4.69, 9.17) is 22.1 Å². The number of benzene rings is 1. The minimum absolute atomic E-state index is 0.228. The summed E-state index contributed by atoms with van der Waals surface area (Å²) < 4.78 is 10.1. The lowest BCUT2D eigenvalue weighted by Crippen LogP contribution is -2.04. The third-order valence-corrected chi connectivity index (χ3v) is 2.83. The Morgan fingerprint density at radius 3 is 2.80 bits per heavy atom. The molecular formula is C14H13ClN2O3. The highest BCUT2D eigenvalue weighted by Gasteiger charge is 2.06. The minimum Gasteiger partial charge on any atom is -0.485 e. The molecule has 0 spiro atoms. The number of carbonyl (C=O) groups excluding carboxylic acids is 1. The molecule has 20 heavy (non-hydrogen) atoms. The molecule has 2 rings (SSSR count).